The van der Waals surface area contributed by atoms with E-state index >= 15 is 0 Å². The normalized spacial score (nSPS) is 18.0. The fraction of sp³-hybridized carbons (Fsp3) is 0.973. The standard InChI is InChI=1S/C37H74O3/c1-9-10-11-12-13-14-15-16-17-18-19-20-21-22-36(38)34(7)27-32(5)25-30(3)23-29(2)24-31(4)26-33(6)28-35(8)37(39)40/h29-36,38H,9-28H2,1-8H3,(H,39,40)/p-1/t29-,30+,31-,32+,33-,34+,35-,36+/m0/s1. The number of hydrogen-bond donors (Lipinski definition) is 1. The molecule has 0 fully saturated rings. The van der Waals surface area contributed by atoms with Gasteiger partial charge in [0.05, 0.1) is 6.10 Å². The lowest BCUT2D eigenvalue weighted by Crippen LogP contribution is -2.30. The number of aliphatic hydroxyl groups is 1. The van der Waals surface area contributed by atoms with Crippen LogP contribution in [0.1, 0.15) is 184 Å². The van der Waals surface area contributed by atoms with Gasteiger partial charge in [0.1, 0.15) is 0 Å². The summed E-state index contributed by atoms with van der Waals surface area (Å²) in [5.41, 5.74) is 0. The lowest BCUT2D eigenvalue weighted by Gasteiger charge is -2.27. The molecule has 0 unspecified atom stereocenters. The third-order valence-electron chi connectivity index (χ3n) is 9.41. The molecule has 0 saturated heterocycles. The number of aliphatic carboxylic acids is 1. The van der Waals surface area contributed by atoms with Gasteiger partial charge in [-0.3, -0.25) is 0 Å². The second kappa shape index (κ2) is 25.0. The first-order valence-corrected chi connectivity index (χ1v) is 17.8. The smallest absolute Gasteiger partial charge is 0.0565 e. The van der Waals surface area contributed by atoms with Gasteiger partial charge in [0.25, 0.3) is 0 Å². The van der Waals surface area contributed by atoms with Gasteiger partial charge in [-0.25, -0.2) is 0 Å². The largest absolute Gasteiger partial charge is 0.550 e. The zero-order chi connectivity index (χ0) is 30.3. The van der Waals surface area contributed by atoms with Crippen LogP contribution in [0.25, 0.3) is 0 Å². The first-order valence-electron chi connectivity index (χ1n) is 17.8. The fourth-order valence-electron chi connectivity index (χ4n) is 7.38. The van der Waals surface area contributed by atoms with E-state index in [2.05, 4.69) is 48.5 Å². The van der Waals surface area contributed by atoms with Crippen molar-refractivity contribution in [3.63, 3.8) is 0 Å². The van der Waals surface area contributed by atoms with Gasteiger partial charge in [-0.1, -0.05) is 139 Å². The van der Waals surface area contributed by atoms with Crippen molar-refractivity contribution in [2.45, 2.75) is 190 Å². The molecule has 1 N–H and O–H groups in total. The third kappa shape index (κ3) is 23.0. The molecule has 0 heterocycles. The maximum absolute atomic E-state index is 11.0. The molecule has 0 aliphatic rings. The minimum Gasteiger partial charge on any atom is -0.550 e. The molecular weight excluding hydrogens is 492 g/mol. The lowest BCUT2D eigenvalue weighted by atomic mass is 9.80. The number of carboxylic acid groups (broad SMARTS) is 1. The molecule has 0 bridgehead atoms. The molecule has 40 heavy (non-hydrogen) atoms. The second-order valence-electron chi connectivity index (χ2n) is 14.7. The van der Waals surface area contributed by atoms with Crippen molar-refractivity contribution in [2.75, 3.05) is 0 Å². The van der Waals surface area contributed by atoms with E-state index in [9.17, 15) is 15.0 Å². The van der Waals surface area contributed by atoms with Crippen LogP contribution in [-0.2, 0) is 4.79 Å². The number of carbonyl (C=O) groups excluding carboxylic acids is 1. The Morgan fingerprint density at radius 3 is 1.23 bits per heavy atom. The van der Waals surface area contributed by atoms with E-state index in [0.717, 1.165) is 25.7 Å². The average Bonchev–Trinajstić information content (AvgIpc) is 2.85. The minimum absolute atomic E-state index is 0.146. The lowest BCUT2D eigenvalue weighted by molar-refractivity contribution is -0.311. The fourth-order valence-corrected chi connectivity index (χ4v) is 7.38. The predicted molar refractivity (Wildman–Crippen MR) is 173 cm³/mol. The highest BCUT2D eigenvalue weighted by Crippen LogP contribution is 2.30. The zero-order valence-corrected chi connectivity index (χ0v) is 28.5. The van der Waals surface area contributed by atoms with Gasteiger partial charge >= 0.3 is 0 Å². The maximum Gasteiger partial charge on any atom is 0.0565 e. The van der Waals surface area contributed by atoms with Crippen LogP contribution in [-0.4, -0.2) is 17.2 Å². The van der Waals surface area contributed by atoms with Gasteiger partial charge in [0.2, 0.25) is 0 Å². The SMILES string of the molecule is CCCCCCCCCCCCCCC[C@@H](O)[C@H](C)C[C@H](C)C[C@H](C)C[C@H](C)C[C@H](C)C[C@H](C)C[C@H](C)C(=O)[O-]. The Balaban J connectivity index is 3.92. The van der Waals surface area contributed by atoms with Gasteiger partial charge < -0.3 is 15.0 Å². The van der Waals surface area contributed by atoms with E-state index in [1.54, 1.807) is 6.92 Å². The summed E-state index contributed by atoms with van der Waals surface area (Å²) in [6, 6.07) is 0. The van der Waals surface area contributed by atoms with E-state index in [-0.39, 0.29) is 12.0 Å². The summed E-state index contributed by atoms with van der Waals surface area (Å²) in [7, 11) is 0. The summed E-state index contributed by atoms with van der Waals surface area (Å²) in [6.45, 7) is 18.0. The molecule has 0 aromatic carbocycles. The van der Waals surface area contributed by atoms with Crippen molar-refractivity contribution in [3.05, 3.63) is 0 Å². The number of carboxylic acids is 1. The van der Waals surface area contributed by atoms with Crippen molar-refractivity contribution in [3.8, 4) is 0 Å². The number of unbranched alkanes of at least 4 members (excludes halogenated alkanes) is 12. The van der Waals surface area contributed by atoms with Crippen LogP contribution in [0, 0.1) is 41.4 Å². The molecule has 0 aromatic heterocycles. The summed E-state index contributed by atoms with van der Waals surface area (Å²) < 4.78 is 0. The Morgan fingerprint density at radius 2 is 0.850 bits per heavy atom. The number of carbonyl (C=O) groups is 1. The molecule has 0 aliphatic heterocycles. The molecule has 3 heteroatoms. The van der Waals surface area contributed by atoms with Crippen LogP contribution in [0.3, 0.4) is 0 Å². The van der Waals surface area contributed by atoms with Crippen LogP contribution in [0.4, 0.5) is 0 Å². The highest BCUT2D eigenvalue weighted by atomic mass is 16.4. The van der Waals surface area contributed by atoms with Crippen molar-refractivity contribution in [2.24, 2.45) is 41.4 Å². The molecular formula is C37H73O3-. The summed E-state index contributed by atoms with van der Waals surface area (Å²) in [5, 5.41) is 21.8. The Kier molecular flexibility index (Phi) is 24.6. The quantitative estimate of drug-likeness (QED) is 0.0960. The first kappa shape index (κ1) is 39.4. The van der Waals surface area contributed by atoms with Crippen molar-refractivity contribution in [1.82, 2.24) is 0 Å². The monoisotopic (exact) mass is 566 g/mol. The Labute approximate surface area is 252 Å². The predicted octanol–water partition coefficient (Wildman–Crippen LogP) is 10.4. The minimum atomic E-state index is -0.919. The Morgan fingerprint density at radius 1 is 0.525 bits per heavy atom. The number of rotatable bonds is 28. The van der Waals surface area contributed by atoms with E-state index < -0.39 is 5.97 Å². The number of aliphatic hydroxyl groups excluding tert-OH is 1. The third-order valence-corrected chi connectivity index (χ3v) is 9.41. The van der Waals surface area contributed by atoms with Gasteiger partial charge in [0.15, 0.2) is 0 Å². The highest BCUT2D eigenvalue weighted by molar-refractivity contribution is 5.66. The molecule has 240 valence electrons. The zero-order valence-electron chi connectivity index (χ0n) is 28.5. The molecule has 0 spiro atoms. The summed E-state index contributed by atoms with van der Waals surface area (Å²) in [5.74, 6) is 2.24. The van der Waals surface area contributed by atoms with E-state index in [1.807, 2.05) is 0 Å². The van der Waals surface area contributed by atoms with Crippen molar-refractivity contribution < 1.29 is 15.0 Å². The first-order chi connectivity index (χ1) is 19.0. The van der Waals surface area contributed by atoms with E-state index in [1.165, 1.54) is 103 Å². The van der Waals surface area contributed by atoms with Gasteiger partial charge in [-0.05, 0) is 86.4 Å². The van der Waals surface area contributed by atoms with Crippen LogP contribution in [0.5, 0.6) is 0 Å². The molecule has 0 amide bonds. The summed E-state index contributed by atoms with van der Waals surface area (Å²) in [6.07, 6.45) is 25.3. The van der Waals surface area contributed by atoms with Crippen LogP contribution in [0.15, 0.2) is 0 Å². The second-order valence-corrected chi connectivity index (χ2v) is 14.7. The number of hydrogen-bond acceptors (Lipinski definition) is 3. The molecule has 0 aliphatic carbocycles. The van der Waals surface area contributed by atoms with E-state index in [4.69, 9.17) is 0 Å². The van der Waals surface area contributed by atoms with E-state index in [0.29, 0.717) is 35.5 Å². The Hall–Kier alpha value is -0.570. The molecule has 3 nitrogen and oxygen atoms in total. The van der Waals surface area contributed by atoms with Crippen LogP contribution in [0.2, 0.25) is 0 Å². The Bertz CT molecular complexity index is 576. The van der Waals surface area contributed by atoms with Gasteiger partial charge in [-0.15, -0.1) is 0 Å². The molecule has 8 atom stereocenters. The average molecular weight is 566 g/mol. The molecule has 0 radical (unpaired) electrons. The van der Waals surface area contributed by atoms with Crippen molar-refractivity contribution >= 4 is 5.97 Å². The van der Waals surface area contributed by atoms with Gasteiger partial charge in [0, 0.05) is 5.97 Å². The topological polar surface area (TPSA) is 60.4 Å². The molecule has 0 rings (SSSR count). The van der Waals surface area contributed by atoms with Crippen LogP contribution >= 0.6 is 0 Å². The molecule has 0 aromatic rings. The van der Waals surface area contributed by atoms with Gasteiger partial charge in [-0.2, -0.15) is 0 Å². The van der Waals surface area contributed by atoms with Crippen molar-refractivity contribution in [1.29, 1.82) is 0 Å². The maximum atomic E-state index is 11.0. The van der Waals surface area contributed by atoms with Crippen LogP contribution < -0.4 is 5.11 Å². The summed E-state index contributed by atoms with van der Waals surface area (Å²) >= 11 is 0. The molecule has 0 saturated carbocycles. The highest BCUT2D eigenvalue weighted by Gasteiger charge is 2.21. The summed E-state index contributed by atoms with van der Waals surface area (Å²) in [4.78, 5) is 11.0.